The van der Waals surface area contributed by atoms with Crippen molar-refractivity contribution in [2.24, 2.45) is 0 Å². The minimum atomic E-state index is -0.183. The number of anilines is 1. The van der Waals surface area contributed by atoms with Gasteiger partial charge in [0.2, 0.25) is 11.8 Å². The Morgan fingerprint density at radius 1 is 1.10 bits per heavy atom. The Hall–Kier alpha value is -2.90. The maximum Gasteiger partial charge on any atom is 0.294 e. The first-order valence-electron chi connectivity index (χ1n) is 10.3. The highest BCUT2D eigenvalue weighted by molar-refractivity contribution is 5.80. The normalized spacial score (nSPS) is 13.8. The third-order valence-corrected chi connectivity index (χ3v) is 4.93. The standard InChI is InChI=1S/C21H29N5O3/c1-15(2)23-19(28)9-11-22-18(27)10-14-26-17-8-4-3-7-16(17)24-20(21(26)29)25-12-5-6-13-25/h3-4,7-8,15H,5-6,9-14H2,1-2H3,(H,22,27)(H,23,28). The maximum absolute atomic E-state index is 13.1. The smallest absolute Gasteiger partial charge is 0.294 e. The molecule has 29 heavy (non-hydrogen) atoms. The summed E-state index contributed by atoms with van der Waals surface area (Å²) in [6, 6.07) is 7.58. The molecule has 2 N–H and O–H groups in total. The van der Waals surface area contributed by atoms with Crippen molar-refractivity contribution in [1.82, 2.24) is 20.2 Å². The molecule has 0 atom stereocenters. The summed E-state index contributed by atoms with van der Waals surface area (Å²) in [6.07, 6.45) is 2.52. The lowest BCUT2D eigenvalue weighted by Gasteiger charge is -2.19. The number of nitrogens with one attached hydrogen (secondary N) is 2. The molecule has 0 saturated carbocycles. The van der Waals surface area contributed by atoms with Crippen molar-refractivity contribution in [3.05, 3.63) is 34.6 Å². The van der Waals surface area contributed by atoms with Gasteiger partial charge in [-0.05, 0) is 38.8 Å². The molecule has 8 heteroatoms. The van der Waals surface area contributed by atoms with Gasteiger partial charge < -0.3 is 20.1 Å². The molecule has 1 saturated heterocycles. The Labute approximate surface area is 170 Å². The molecule has 2 heterocycles. The van der Waals surface area contributed by atoms with Gasteiger partial charge in [-0.3, -0.25) is 14.4 Å². The maximum atomic E-state index is 13.1. The van der Waals surface area contributed by atoms with Crippen molar-refractivity contribution in [3.8, 4) is 0 Å². The van der Waals surface area contributed by atoms with Gasteiger partial charge in [-0.2, -0.15) is 0 Å². The number of para-hydroxylation sites is 2. The van der Waals surface area contributed by atoms with E-state index in [4.69, 9.17) is 0 Å². The van der Waals surface area contributed by atoms with Gasteiger partial charge in [-0.1, -0.05) is 12.1 Å². The van der Waals surface area contributed by atoms with Crippen molar-refractivity contribution in [2.45, 2.75) is 52.1 Å². The first-order chi connectivity index (χ1) is 14.0. The molecule has 156 valence electrons. The third-order valence-electron chi connectivity index (χ3n) is 4.93. The summed E-state index contributed by atoms with van der Waals surface area (Å²) >= 11 is 0. The molecule has 0 aliphatic carbocycles. The van der Waals surface area contributed by atoms with Crippen molar-refractivity contribution in [1.29, 1.82) is 0 Å². The molecule has 2 amide bonds. The van der Waals surface area contributed by atoms with E-state index in [9.17, 15) is 14.4 Å². The van der Waals surface area contributed by atoms with Crippen molar-refractivity contribution in [3.63, 3.8) is 0 Å². The summed E-state index contributed by atoms with van der Waals surface area (Å²) in [4.78, 5) is 43.5. The zero-order valence-corrected chi connectivity index (χ0v) is 17.1. The van der Waals surface area contributed by atoms with Gasteiger partial charge in [-0.25, -0.2) is 4.98 Å². The predicted molar refractivity (Wildman–Crippen MR) is 113 cm³/mol. The van der Waals surface area contributed by atoms with Crippen LogP contribution in [0.1, 0.15) is 39.5 Å². The van der Waals surface area contributed by atoms with Crippen LogP contribution >= 0.6 is 0 Å². The van der Waals surface area contributed by atoms with Gasteiger partial charge >= 0.3 is 0 Å². The van der Waals surface area contributed by atoms with E-state index in [1.807, 2.05) is 43.0 Å². The number of hydrogen-bond donors (Lipinski definition) is 2. The topological polar surface area (TPSA) is 96.3 Å². The SMILES string of the molecule is CC(C)NC(=O)CCNC(=O)CCn1c(=O)c(N2CCCC2)nc2ccccc21. The number of rotatable bonds is 8. The van der Waals surface area contributed by atoms with Crippen LogP contribution in [0.25, 0.3) is 11.0 Å². The second-order valence-electron chi connectivity index (χ2n) is 7.65. The Bertz CT molecular complexity index is 932. The third kappa shape index (κ3) is 5.34. The van der Waals surface area contributed by atoms with Gasteiger partial charge in [0.25, 0.3) is 5.56 Å². The van der Waals surface area contributed by atoms with Gasteiger partial charge in [0.1, 0.15) is 0 Å². The van der Waals surface area contributed by atoms with Crippen LogP contribution < -0.4 is 21.1 Å². The Morgan fingerprint density at radius 3 is 2.55 bits per heavy atom. The molecule has 1 aromatic heterocycles. The van der Waals surface area contributed by atoms with Crippen molar-refractivity contribution >= 4 is 28.7 Å². The number of aromatic nitrogens is 2. The van der Waals surface area contributed by atoms with Crippen LogP contribution in [0.15, 0.2) is 29.1 Å². The zero-order valence-electron chi connectivity index (χ0n) is 17.1. The minimum absolute atomic E-state index is 0.0786. The molecule has 0 unspecified atom stereocenters. The number of hydrogen-bond acceptors (Lipinski definition) is 5. The number of benzene rings is 1. The van der Waals surface area contributed by atoms with Crippen LogP contribution in [0.4, 0.5) is 5.82 Å². The highest BCUT2D eigenvalue weighted by Crippen LogP contribution is 2.18. The van der Waals surface area contributed by atoms with E-state index in [0.717, 1.165) is 37.0 Å². The largest absolute Gasteiger partial charge is 0.356 e. The number of carbonyl (C=O) groups is 2. The Kier molecular flexibility index (Phi) is 6.85. The fourth-order valence-electron chi connectivity index (χ4n) is 3.55. The lowest BCUT2D eigenvalue weighted by molar-refractivity contribution is -0.122. The molecule has 2 aromatic rings. The van der Waals surface area contributed by atoms with Gasteiger partial charge in [-0.15, -0.1) is 0 Å². The number of amides is 2. The highest BCUT2D eigenvalue weighted by atomic mass is 16.2. The summed E-state index contributed by atoms with van der Waals surface area (Å²) in [6.45, 7) is 6.00. The molecule has 1 fully saturated rings. The fraction of sp³-hybridized carbons (Fsp3) is 0.524. The van der Waals surface area contributed by atoms with Crippen molar-refractivity contribution < 1.29 is 9.59 Å². The highest BCUT2D eigenvalue weighted by Gasteiger charge is 2.20. The molecule has 1 aliphatic heterocycles. The Morgan fingerprint density at radius 2 is 1.83 bits per heavy atom. The molecule has 0 bridgehead atoms. The van der Waals surface area contributed by atoms with Gasteiger partial charge in [0, 0.05) is 45.1 Å². The summed E-state index contributed by atoms with van der Waals surface area (Å²) < 4.78 is 1.64. The van der Waals surface area contributed by atoms with Crippen LogP contribution in [0.2, 0.25) is 0 Å². The lowest BCUT2D eigenvalue weighted by Crippen LogP contribution is -2.35. The molecule has 0 spiro atoms. The first-order valence-corrected chi connectivity index (χ1v) is 10.3. The van der Waals surface area contributed by atoms with E-state index < -0.39 is 0 Å². The number of carbonyl (C=O) groups excluding carboxylic acids is 2. The molecular formula is C21H29N5O3. The van der Waals surface area contributed by atoms with Crippen LogP contribution in [0.5, 0.6) is 0 Å². The van der Waals surface area contributed by atoms with Crippen LogP contribution in [-0.4, -0.2) is 47.0 Å². The summed E-state index contributed by atoms with van der Waals surface area (Å²) in [5.41, 5.74) is 1.32. The molecular weight excluding hydrogens is 370 g/mol. The molecule has 0 radical (unpaired) electrons. The van der Waals surface area contributed by atoms with E-state index >= 15 is 0 Å². The van der Waals surface area contributed by atoms with E-state index in [2.05, 4.69) is 15.6 Å². The first kappa shape index (κ1) is 20.8. The Balaban J connectivity index is 1.67. The molecule has 1 aromatic carbocycles. The van der Waals surface area contributed by atoms with Gasteiger partial charge in [0.05, 0.1) is 11.0 Å². The monoisotopic (exact) mass is 399 g/mol. The van der Waals surface area contributed by atoms with Crippen LogP contribution in [0, 0.1) is 0 Å². The second kappa shape index (κ2) is 9.54. The van der Waals surface area contributed by atoms with Crippen LogP contribution in [0.3, 0.4) is 0 Å². The summed E-state index contributed by atoms with van der Waals surface area (Å²) in [5, 5.41) is 5.54. The number of nitrogens with zero attached hydrogens (tertiary/aromatic N) is 3. The zero-order chi connectivity index (χ0) is 20.8. The van der Waals surface area contributed by atoms with E-state index in [1.54, 1.807) is 4.57 Å². The summed E-state index contributed by atoms with van der Waals surface area (Å²) in [7, 11) is 0. The van der Waals surface area contributed by atoms with E-state index in [-0.39, 0.29) is 49.3 Å². The van der Waals surface area contributed by atoms with Crippen molar-refractivity contribution in [2.75, 3.05) is 24.5 Å². The van der Waals surface area contributed by atoms with Crippen LogP contribution in [-0.2, 0) is 16.1 Å². The quantitative estimate of drug-likeness (QED) is 0.700. The average molecular weight is 399 g/mol. The van der Waals surface area contributed by atoms with E-state index in [0.29, 0.717) is 5.82 Å². The summed E-state index contributed by atoms with van der Waals surface area (Å²) in [5.74, 6) is 0.191. The number of aryl methyl sites for hydroxylation is 1. The minimum Gasteiger partial charge on any atom is -0.356 e. The molecule has 1 aliphatic rings. The lowest BCUT2D eigenvalue weighted by atomic mass is 10.2. The second-order valence-corrected chi connectivity index (χ2v) is 7.65. The predicted octanol–water partition coefficient (Wildman–Crippen LogP) is 1.42. The average Bonchev–Trinajstić information content (AvgIpc) is 3.20. The van der Waals surface area contributed by atoms with E-state index in [1.165, 1.54) is 0 Å². The molecule has 3 rings (SSSR count). The fourth-order valence-corrected chi connectivity index (χ4v) is 3.55. The van der Waals surface area contributed by atoms with Gasteiger partial charge in [0.15, 0.2) is 5.82 Å². The molecule has 8 nitrogen and oxygen atoms in total. The number of fused-ring (bicyclic) bond motifs is 1.